The van der Waals surface area contributed by atoms with Crippen LogP contribution in [0.1, 0.15) is 16.7 Å². The minimum absolute atomic E-state index is 0.158. The number of amides is 1. The molecule has 1 N–H and O–H groups in total. The summed E-state index contributed by atoms with van der Waals surface area (Å²) in [7, 11) is 1.57. The number of rotatable bonds is 6. The molecule has 0 saturated heterocycles. The van der Waals surface area contributed by atoms with E-state index in [9.17, 15) is 14.9 Å². The van der Waals surface area contributed by atoms with Crippen molar-refractivity contribution in [3.63, 3.8) is 0 Å². The third-order valence-corrected chi connectivity index (χ3v) is 5.32. The Morgan fingerprint density at radius 3 is 2.65 bits per heavy atom. The molecule has 7 nitrogen and oxygen atoms in total. The number of fused-ring (bicyclic) bond motifs is 1. The highest BCUT2D eigenvalue weighted by Gasteiger charge is 2.14. The molecular weight excluding hydrogens is 428 g/mol. The van der Waals surface area contributed by atoms with Crippen LogP contribution in [0.25, 0.3) is 22.8 Å². The fourth-order valence-electron chi connectivity index (χ4n) is 3.64. The van der Waals surface area contributed by atoms with E-state index >= 15 is 0 Å². The lowest BCUT2D eigenvalue weighted by Crippen LogP contribution is -2.25. The number of methoxy groups -OCH3 is 1. The van der Waals surface area contributed by atoms with E-state index in [1.54, 1.807) is 49.7 Å². The van der Waals surface area contributed by atoms with Gasteiger partial charge in [0.05, 0.1) is 12.8 Å². The smallest absolute Gasteiger partial charge is 0.264 e. The molecule has 2 aromatic carbocycles. The number of nitrogens with zero attached hydrogens (tertiary/aromatic N) is 3. The quantitative estimate of drug-likeness (QED) is 0.355. The third-order valence-electron chi connectivity index (χ3n) is 5.32. The van der Waals surface area contributed by atoms with E-state index in [1.807, 2.05) is 43.3 Å². The van der Waals surface area contributed by atoms with Gasteiger partial charge in [0.25, 0.3) is 11.5 Å². The van der Waals surface area contributed by atoms with E-state index in [0.29, 0.717) is 22.5 Å². The zero-order valence-corrected chi connectivity index (χ0v) is 18.8. The lowest BCUT2D eigenvalue weighted by molar-refractivity contribution is -0.117. The highest BCUT2D eigenvalue weighted by atomic mass is 16.5. The first-order chi connectivity index (χ1) is 16.5. The van der Waals surface area contributed by atoms with Crippen molar-refractivity contribution in [2.45, 2.75) is 13.5 Å². The Balaban J connectivity index is 1.74. The molecule has 0 bridgehead atoms. The van der Waals surface area contributed by atoms with Crippen LogP contribution in [0, 0.1) is 18.3 Å². The van der Waals surface area contributed by atoms with Gasteiger partial charge >= 0.3 is 0 Å². The molecule has 4 rings (SSSR count). The summed E-state index contributed by atoms with van der Waals surface area (Å²) in [5, 5.41) is 13.1. The van der Waals surface area contributed by atoms with E-state index in [4.69, 9.17) is 4.74 Å². The molecule has 2 heterocycles. The summed E-state index contributed by atoms with van der Waals surface area (Å²) in [5.41, 5.74) is 2.71. The van der Waals surface area contributed by atoms with Crippen molar-refractivity contribution in [3.05, 3.63) is 106 Å². The predicted octanol–water partition coefficient (Wildman–Crippen LogP) is 3.93. The van der Waals surface area contributed by atoms with Gasteiger partial charge in [-0.3, -0.25) is 14.2 Å². The Hall–Kier alpha value is -4.70. The van der Waals surface area contributed by atoms with Gasteiger partial charge in [0.2, 0.25) is 0 Å². The molecule has 34 heavy (non-hydrogen) atoms. The van der Waals surface area contributed by atoms with Gasteiger partial charge in [-0.25, -0.2) is 4.98 Å². The SMILES string of the molecule is COc1ccc(-n2c(=O)c(C=C(C#N)C(=O)NCc3cccc(C)c3)cc3cccnc32)cc1. The van der Waals surface area contributed by atoms with Crippen LogP contribution in [0.5, 0.6) is 5.75 Å². The number of hydrogen-bond donors (Lipinski definition) is 1. The molecule has 2 aromatic heterocycles. The number of nitriles is 1. The highest BCUT2D eigenvalue weighted by Crippen LogP contribution is 2.19. The predicted molar refractivity (Wildman–Crippen MR) is 131 cm³/mol. The van der Waals surface area contributed by atoms with Crippen molar-refractivity contribution in [1.82, 2.24) is 14.9 Å². The molecule has 0 atom stereocenters. The van der Waals surface area contributed by atoms with Crippen LogP contribution in [0.15, 0.2) is 83.3 Å². The fraction of sp³-hybridized carbons (Fsp3) is 0.111. The molecule has 0 aliphatic heterocycles. The number of nitrogens with one attached hydrogen (secondary N) is 1. The Bertz CT molecular complexity index is 1500. The maximum atomic E-state index is 13.4. The first-order valence-electron chi connectivity index (χ1n) is 10.6. The molecule has 0 aliphatic rings. The second kappa shape index (κ2) is 9.84. The molecule has 0 spiro atoms. The molecular formula is C27H22N4O3. The first-order valence-corrected chi connectivity index (χ1v) is 10.6. The summed E-state index contributed by atoms with van der Waals surface area (Å²) in [6.45, 7) is 2.24. The van der Waals surface area contributed by atoms with Crippen molar-refractivity contribution in [2.24, 2.45) is 0 Å². The van der Waals surface area contributed by atoms with Crippen molar-refractivity contribution in [2.75, 3.05) is 7.11 Å². The molecule has 0 aliphatic carbocycles. The summed E-state index contributed by atoms with van der Waals surface area (Å²) in [4.78, 5) is 30.5. The van der Waals surface area contributed by atoms with Gasteiger partial charge in [0, 0.05) is 23.7 Å². The molecule has 0 saturated carbocycles. The Labute approximate surface area is 196 Å². The summed E-state index contributed by atoms with van der Waals surface area (Å²) in [6.07, 6.45) is 2.93. The summed E-state index contributed by atoms with van der Waals surface area (Å²) >= 11 is 0. The van der Waals surface area contributed by atoms with E-state index in [-0.39, 0.29) is 17.7 Å². The lowest BCUT2D eigenvalue weighted by atomic mass is 10.1. The van der Waals surface area contributed by atoms with E-state index < -0.39 is 11.5 Å². The van der Waals surface area contributed by atoms with E-state index in [1.165, 1.54) is 10.6 Å². The van der Waals surface area contributed by atoms with Crippen molar-refractivity contribution in [3.8, 4) is 17.5 Å². The summed E-state index contributed by atoms with van der Waals surface area (Å²) in [6, 6.07) is 21.9. The first kappa shape index (κ1) is 22.5. The van der Waals surface area contributed by atoms with Gasteiger partial charge in [-0.1, -0.05) is 29.8 Å². The van der Waals surface area contributed by atoms with Crippen molar-refractivity contribution >= 4 is 23.0 Å². The normalized spacial score (nSPS) is 11.1. The second-order valence-electron chi connectivity index (χ2n) is 7.70. The van der Waals surface area contributed by atoms with Gasteiger partial charge in [-0.2, -0.15) is 5.26 Å². The third kappa shape index (κ3) is 4.71. The number of hydrogen-bond acceptors (Lipinski definition) is 5. The molecule has 4 aromatic rings. The van der Waals surface area contributed by atoms with Gasteiger partial charge < -0.3 is 10.1 Å². The standard InChI is InChI=1S/C27H22N4O3/c1-18-5-3-6-19(13-18)17-30-26(32)22(16-28)15-21-14-20-7-4-12-29-25(20)31(27(21)33)23-8-10-24(34-2)11-9-23/h3-15H,17H2,1-2H3,(H,30,32). The monoisotopic (exact) mass is 450 g/mol. The summed E-state index contributed by atoms with van der Waals surface area (Å²) < 4.78 is 6.67. The minimum Gasteiger partial charge on any atom is -0.497 e. The van der Waals surface area contributed by atoms with E-state index in [2.05, 4.69) is 10.3 Å². The van der Waals surface area contributed by atoms with Crippen LogP contribution in [-0.4, -0.2) is 22.6 Å². The number of carbonyl (C=O) groups excluding carboxylic acids is 1. The van der Waals surface area contributed by atoms with Crippen LogP contribution in [-0.2, 0) is 11.3 Å². The summed E-state index contributed by atoms with van der Waals surface area (Å²) in [5.74, 6) is 0.104. The maximum absolute atomic E-state index is 13.4. The van der Waals surface area contributed by atoms with Crippen molar-refractivity contribution in [1.29, 1.82) is 5.26 Å². The molecule has 0 fully saturated rings. The number of benzene rings is 2. The largest absolute Gasteiger partial charge is 0.497 e. The fourth-order valence-corrected chi connectivity index (χ4v) is 3.64. The van der Waals surface area contributed by atoms with Crippen LogP contribution < -0.4 is 15.6 Å². The van der Waals surface area contributed by atoms with Gasteiger partial charge in [0.15, 0.2) is 0 Å². The molecule has 0 unspecified atom stereocenters. The Morgan fingerprint density at radius 1 is 1.15 bits per heavy atom. The highest BCUT2D eigenvalue weighted by molar-refractivity contribution is 6.02. The van der Waals surface area contributed by atoms with Crippen LogP contribution >= 0.6 is 0 Å². The lowest BCUT2D eigenvalue weighted by Gasteiger charge is -2.12. The number of ether oxygens (including phenoxy) is 1. The van der Waals surface area contributed by atoms with Crippen LogP contribution in [0.3, 0.4) is 0 Å². The molecule has 7 heteroatoms. The zero-order chi connectivity index (χ0) is 24.1. The van der Waals surface area contributed by atoms with Gasteiger partial charge in [-0.15, -0.1) is 0 Å². The van der Waals surface area contributed by atoms with Gasteiger partial charge in [0.1, 0.15) is 23.0 Å². The maximum Gasteiger partial charge on any atom is 0.264 e. The average Bonchev–Trinajstić information content (AvgIpc) is 2.86. The second-order valence-corrected chi connectivity index (χ2v) is 7.70. The number of aryl methyl sites for hydroxylation is 1. The zero-order valence-electron chi connectivity index (χ0n) is 18.8. The average molecular weight is 450 g/mol. The van der Waals surface area contributed by atoms with E-state index in [0.717, 1.165) is 11.1 Å². The molecule has 168 valence electrons. The molecule has 0 radical (unpaired) electrons. The number of carbonyl (C=O) groups is 1. The number of aromatic nitrogens is 2. The van der Waals surface area contributed by atoms with Crippen LogP contribution in [0.2, 0.25) is 0 Å². The number of pyridine rings is 2. The topological polar surface area (TPSA) is 97.0 Å². The van der Waals surface area contributed by atoms with Crippen LogP contribution in [0.4, 0.5) is 0 Å². The van der Waals surface area contributed by atoms with Crippen molar-refractivity contribution < 1.29 is 9.53 Å². The Morgan fingerprint density at radius 2 is 1.94 bits per heavy atom. The minimum atomic E-state index is -0.550. The Kier molecular flexibility index (Phi) is 6.51. The molecule has 1 amide bonds. The van der Waals surface area contributed by atoms with Gasteiger partial charge in [-0.05, 0) is 61.0 Å².